The molecule has 0 spiro atoms. The lowest BCUT2D eigenvalue weighted by Crippen LogP contribution is -1.93. The van der Waals surface area contributed by atoms with Crippen LogP contribution in [0, 0.1) is 5.82 Å². The maximum atomic E-state index is 13.0. The predicted octanol–water partition coefficient (Wildman–Crippen LogP) is 1.58. The van der Waals surface area contributed by atoms with Crippen molar-refractivity contribution in [1.29, 1.82) is 0 Å². The van der Waals surface area contributed by atoms with Gasteiger partial charge in [0.2, 0.25) is 0 Å². The molecule has 1 aromatic heterocycles. The molecule has 0 fully saturated rings. The fourth-order valence-electron chi connectivity index (χ4n) is 1.11. The van der Waals surface area contributed by atoms with Crippen LogP contribution in [0.1, 0.15) is 11.4 Å². The summed E-state index contributed by atoms with van der Waals surface area (Å²) < 4.78 is 13.0. The van der Waals surface area contributed by atoms with Crippen molar-refractivity contribution in [2.45, 2.75) is 6.42 Å². The van der Waals surface area contributed by atoms with Crippen LogP contribution in [0.15, 0.2) is 18.2 Å². The number of hydrogen-bond donors (Lipinski definition) is 1. The highest BCUT2D eigenvalue weighted by atomic mass is 35.5. The fourth-order valence-corrected chi connectivity index (χ4v) is 1.31. The second-order valence-corrected chi connectivity index (χ2v) is 3.10. The second kappa shape index (κ2) is 3.71. The molecular formula is C8H6ClFN4. The number of aromatic amines is 1. The smallest absolute Gasteiger partial charge is 0.178 e. The van der Waals surface area contributed by atoms with Crippen LogP contribution in [0.4, 0.5) is 4.39 Å². The minimum Gasteiger partial charge on any atom is -0.205 e. The Kier molecular flexibility index (Phi) is 2.41. The zero-order valence-corrected chi connectivity index (χ0v) is 7.79. The first-order valence-corrected chi connectivity index (χ1v) is 4.30. The largest absolute Gasteiger partial charge is 0.205 e. The van der Waals surface area contributed by atoms with Crippen LogP contribution >= 0.6 is 11.6 Å². The number of tetrazole rings is 1. The molecule has 0 saturated carbocycles. The van der Waals surface area contributed by atoms with Crippen LogP contribution in [0.3, 0.4) is 0 Å². The molecule has 0 amide bonds. The summed E-state index contributed by atoms with van der Waals surface area (Å²) in [6.45, 7) is 0. The number of benzene rings is 1. The van der Waals surface area contributed by atoms with Gasteiger partial charge in [-0.2, -0.15) is 5.21 Å². The van der Waals surface area contributed by atoms with Gasteiger partial charge in [-0.3, -0.25) is 0 Å². The molecule has 0 aliphatic rings. The number of hydrogen-bond acceptors (Lipinski definition) is 3. The first kappa shape index (κ1) is 9.08. The van der Waals surface area contributed by atoms with Crippen molar-refractivity contribution in [1.82, 2.24) is 20.6 Å². The van der Waals surface area contributed by atoms with E-state index in [0.717, 1.165) is 0 Å². The van der Waals surface area contributed by atoms with Gasteiger partial charge in [0.25, 0.3) is 0 Å². The standard InChI is InChI=1S/C8H6ClFN4/c9-8-5(2-1-3-6(8)10)4-7-11-13-14-12-7/h1-3H,4H2,(H,11,12,13,14). The summed E-state index contributed by atoms with van der Waals surface area (Å²) >= 11 is 5.75. The third kappa shape index (κ3) is 1.72. The zero-order valence-electron chi connectivity index (χ0n) is 7.04. The Morgan fingerprint density at radius 2 is 2.29 bits per heavy atom. The monoisotopic (exact) mass is 212 g/mol. The highest BCUT2D eigenvalue weighted by molar-refractivity contribution is 6.31. The summed E-state index contributed by atoms with van der Waals surface area (Å²) in [5.41, 5.74) is 0.646. The van der Waals surface area contributed by atoms with Crippen molar-refractivity contribution in [2.75, 3.05) is 0 Å². The van der Waals surface area contributed by atoms with E-state index in [1.165, 1.54) is 6.07 Å². The van der Waals surface area contributed by atoms with Crippen LogP contribution in [-0.2, 0) is 6.42 Å². The average Bonchev–Trinajstić information content (AvgIpc) is 2.66. The van der Waals surface area contributed by atoms with Gasteiger partial charge in [-0.05, 0) is 11.6 Å². The molecule has 0 atom stereocenters. The molecule has 1 heterocycles. The number of H-pyrrole nitrogens is 1. The molecule has 2 rings (SSSR count). The highest BCUT2D eigenvalue weighted by Gasteiger charge is 2.08. The molecule has 1 aromatic carbocycles. The molecule has 72 valence electrons. The van der Waals surface area contributed by atoms with Crippen molar-refractivity contribution >= 4 is 11.6 Å². The van der Waals surface area contributed by atoms with Crippen molar-refractivity contribution in [3.8, 4) is 0 Å². The number of aromatic nitrogens is 4. The first-order valence-electron chi connectivity index (χ1n) is 3.92. The van der Waals surface area contributed by atoms with E-state index in [-0.39, 0.29) is 5.02 Å². The van der Waals surface area contributed by atoms with Crippen LogP contribution in [0.2, 0.25) is 5.02 Å². The Morgan fingerprint density at radius 1 is 1.43 bits per heavy atom. The van der Waals surface area contributed by atoms with Gasteiger partial charge >= 0.3 is 0 Å². The summed E-state index contributed by atoms with van der Waals surface area (Å²) in [5.74, 6) is 0.0464. The molecule has 6 heteroatoms. The predicted molar refractivity (Wildman–Crippen MR) is 48.4 cm³/mol. The molecule has 0 radical (unpaired) electrons. The lowest BCUT2D eigenvalue weighted by atomic mass is 10.1. The van der Waals surface area contributed by atoms with Crippen LogP contribution < -0.4 is 0 Å². The molecular weight excluding hydrogens is 207 g/mol. The first-order chi connectivity index (χ1) is 6.77. The SMILES string of the molecule is Fc1cccc(Cc2nn[nH]n2)c1Cl. The zero-order chi connectivity index (χ0) is 9.97. The van der Waals surface area contributed by atoms with Crippen molar-refractivity contribution in [3.05, 3.63) is 40.4 Å². The fraction of sp³-hybridized carbons (Fsp3) is 0.125. The van der Waals surface area contributed by atoms with Crippen LogP contribution in [-0.4, -0.2) is 20.6 Å². The van der Waals surface area contributed by atoms with Gasteiger partial charge in [-0.15, -0.1) is 10.2 Å². The van der Waals surface area contributed by atoms with E-state index in [9.17, 15) is 4.39 Å². The van der Waals surface area contributed by atoms with Gasteiger partial charge < -0.3 is 0 Å². The third-order valence-electron chi connectivity index (χ3n) is 1.77. The van der Waals surface area contributed by atoms with E-state index in [1.54, 1.807) is 12.1 Å². The lowest BCUT2D eigenvalue weighted by Gasteiger charge is -2.00. The third-order valence-corrected chi connectivity index (χ3v) is 2.19. The Bertz CT molecular complexity index is 429. The molecule has 14 heavy (non-hydrogen) atoms. The lowest BCUT2D eigenvalue weighted by molar-refractivity contribution is 0.626. The Hall–Kier alpha value is -1.49. The van der Waals surface area contributed by atoms with E-state index in [2.05, 4.69) is 20.6 Å². The quantitative estimate of drug-likeness (QED) is 0.823. The second-order valence-electron chi connectivity index (χ2n) is 2.72. The highest BCUT2D eigenvalue weighted by Crippen LogP contribution is 2.20. The van der Waals surface area contributed by atoms with E-state index in [0.29, 0.717) is 17.8 Å². The Labute approximate surface area is 84.1 Å². The van der Waals surface area contributed by atoms with Gasteiger partial charge in [-0.25, -0.2) is 4.39 Å². The van der Waals surface area contributed by atoms with E-state index < -0.39 is 5.82 Å². The number of rotatable bonds is 2. The normalized spacial score (nSPS) is 10.4. The number of halogens is 2. The van der Waals surface area contributed by atoms with E-state index in [1.807, 2.05) is 0 Å². The van der Waals surface area contributed by atoms with Crippen LogP contribution in [0.25, 0.3) is 0 Å². The Morgan fingerprint density at radius 3 is 3.00 bits per heavy atom. The van der Waals surface area contributed by atoms with Gasteiger partial charge in [-0.1, -0.05) is 28.9 Å². The van der Waals surface area contributed by atoms with Gasteiger partial charge in [0.1, 0.15) is 5.82 Å². The topological polar surface area (TPSA) is 54.5 Å². The molecule has 0 unspecified atom stereocenters. The van der Waals surface area contributed by atoms with Gasteiger partial charge in [0.05, 0.1) is 5.02 Å². The molecule has 0 aliphatic carbocycles. The van der Waals surface area contributed by atoms with Gasteiger partial charge in [0.15, 0.2) is 5.82 Å². The van der Waals surface area contributed by atoms with Crippen molar-refractivity contribution in [2.24, 2.45) is 0 Å². The van der Waals surface area contributed by atoms with E-state index in [4.69, 9.17) is 11.6 Å². The molecule has 0 aliphatic heterocycles. The molecule has 1 N–H and O–H groups in total. The summed E-state index contributed by atoms with van der Waals surface area (Å²) in [6, 6.07) is 4.63. The summed E-state index contributed by atoms with van der Waals surface area (Å²) in [6.07, 6.45) is 0.368. The number of nitrogens with one attached hydrogen (secondary N) is 1. The summed E-state index contributed by atoms with van der Waals surface area (Å²) in [7, 11) is 0. The number of nitrogens with zero attached hydrogens (tertiary/aromatic N) is 3. The summed E-state index contributed by atoms with van der Waals surface area (Å²) in [4.78, 5) is 0. The van der Waals surface area contributed by atoms with E-state index >= 15 is 0 Å². The van der Waals surface area contributed by atoms with Crippen molar-refractivity contribution in [3.63, 3.8) is 0 Å². The molecule has 0 saturated heterocycles. The molecule has 2 aromatic rings. The van der Waals surface area contributed by atoms with Crippen LogP contribution in [0.5, 0.6) is 0 Å². The maximum absolute atomic E-state index is 13.0. The average molecular weight is 213 g/mol. The minimum absolute atomic E-state index is 0.109. The maximum Gasteiger partial charge on any atom is 0.178 e. The Balaban J connectivity index is 2.29. The molecule has 4 nitrogen and oxygen atoms in total. The molecule has 0 bridgehead atoms. The summed E-state index contributed by atoms with van der Waals surface area (Å²) in [5, 5.41) is 13.3. The van der Waals surface area contributed by atoms with Gasteiger partial charge in [0, 0.05) is 6.42 Å². The van der Waals surface area contributed by atoms with Crippen molar-refractivity contribution < 1.29 is 4.39 Å². The minimum atomic E-state index is -0.437.